The molecule has 0 saturated carbocycles. The number of aryl methyl sites for hydroxylation is 2. The minimum atomic E-state index is -3.76. The number of carbonyl (C=O) groups excluding carboxylic acids is 1. The van der Waals surface area contributed by atoms with Gasteiger partial charge in [0, 0.05) is 25.1 Å². The van der Waals surface area contributed by atoms with E-state index in [1.807, 2.05) is 11.6 Å². The zero-order valence-electron chi connectivity index (χ0n) is 14.4. The highest BCUT2D eigenvalue weighted by Crippen LogP contribution is 2.21. The smallest absolute Gasteiger partial charge is 0.263 e. The molecule has 2 N–H and O–H groups in total. The lowest BCUT2D eigenvalue weighted by Gasteiger charge is -2.08. The van der Waals surface area contributed by atoms with Crippen LogP contribution in [0.2, 0.25) is 0 Å². The highest BCUT2D eigenvalue weighted by atomic mass is 32.2. The summed E-state index contributed by atoms with van der Waals surface area (Å²) in [6.45, 7) is 1.74. The van der Waals surface area contributed by atoms with Crippen LogP contribution in [0.3, 0.4) is 0 Å². The Balaban J connectivity index is 1.59. The van der Waals surface area contributed by atoms with Gasteiger partial charge >= 0.3 is 0 Å². The molecule has 12 heteroatoms. The summed E-state index contributed by atoms with van der Waals surface area (Å²) in [4.78, 5) is 16.2. The molecule has 0 aliphatic rings. The van der Waals surface area contributed by atoms with Crippen molar-refractivity contribution in [2.24, 2.45) is 7.05 Å². The van der Waals surface area contributed by atoms with E-state index in [9.17, 15) is 13.2 Å². The predicted molar refractivity (Wildman–Crippen MR) is 104 cm³/mol. The predicted octanol–water partition coefficient (Wildman–Crippen LogP) is 2.11. The third kappa shape index (κ3) is 5.05. The minimum absolute atomic E-state index is 0.0655. The Morgan fingerprint density at radius 2 is 2.00 bits per heavy atom. The summed E-state index contributed by atoms with van der Waals surface area (Å²) in [5.74, 6) is -0.0101. The van der Waals surface area contributed by atoms with Gasteiger partial charge in [-0.1, -0.05) is 23.1 Å². The number of benzene rings is 1. The molecule has 1 amide bonds. The van der Waals surface area contributed by atoms with E-state index in [2.05, 4.69) is 25.2 Å². The first-order chi connectivity index (χ1) is 12.8. The number of sulfonamides is 1. The number of rotatable bonds is 7. The van der Waals surface area contributed by atoms with Gasteiger partial charge in [0.1, 0.15) is 5.01 Å². The maximum atomic E-state index is 12.3. The first-order valence-corrected chi connectivity index (χ1v) is 10.9. The maximum absolute atomic E-state index is 12.3. The van der Waals surface area contributed by atoms with Crippen LogP contribution in [0.5, 0.6) is 0 Å². The molecule has 3 aromatic rings. The van der Waals surface area contributed by atoms with Gasteiger partial charge in [0.25, 0.3) is 10.0 Å². The van der Waals surface area contributed by atoms with Crippen LogP contribution in [-0.4, -0.2) is 39.8 Å². The number of nitrogens with one attached hydrogen (secondary N) is 2. The largest absolute Gasteiger partial charge is 0.329 e. The summed E-state index contributed by atoms with van der Waals surface area (Å²) < 4.78 is 28.9. The first-order valence-electron chi connectivity index (χ1n) is 7.66. The van der Waals surface area contributed by atoms with E-state index in [1.54, 1.807) is 19.3 Å². The molecule has 0 unspecified atom stereocenters. The van der Waals surface area contributed by atoms with Crippen LogP contribution in [0.15, 0.2) is 46.7 Å². The minimum Gasteiger partial charge on any atom is -0.329 e. The summed E-state index contributed by atoms with van der Waals surface area (Å²) in [6.07, 6.45) is 3.47. The molecule has 27 heavy (non-hydrogen) atoms. The van der Waals surface area contributed by atoms with Crippen LogP contribution in [0.4, 0.5) is 10.8 Å². The zero-order valence-corrected chi connectivity index (χ0v) is 16.9. The van der Waals surface area contributed by atoms with E-state index in [1.165, 1.54) is 36.0 Å². The van der Waals surface area contributed by atoms with Gasteiger partial charge in [-0.05, 0) is 31.2 Å². The van der Waals surface area contributed by atoms with Crippen molar-refractivity contribution in [2.75, 3.05) is 15.8 Å². The topological polar surface area (TPSA) is 119 Å². The normalized spacial score (nSPS) is 11.3. The van der Waals surface area contributed by atoms with Crippen molar-refractivity contribution in [3.8, 4) is 0 Å². The standard InChI is InChI=1S/C15H16N6O3S3/c1-10-18-19-14(26-10)20-27(23,24)12-5-3-11(4-6-12)17-13(22)9-25-15-16-7-8-21(15)2/h3-8H,9H2,1-2H3,(H,17,22)(H,19,20). The number of hydrogen-bond donors (Lipinski definition) is 2. The van der Waals surface area contributed by atoms with Gasteiger partial charge in [0.15, 0.2) is 5.16 Å². The summed E-state index contributed by atoms with van der Waals surface area (Å²) in [5.41, 5.74) is 0.506. The Labute approximate surface area is 164 Å². The molecular formula is C15H16N6O3S3. The summed E-state index contributed by atoms with van der Waals surface area (Å²) in [6, 6.07) is 5.89. The first kappa shape index (κ1) is 19.3. The molecule has 2 heterocycles. The average Bonchev–Trinajstić information content (AvgIpc) is 3.21. The summed E-state index contributed by atoms with van der Waals surface area (Å²) in [5, 5.41) is 11.8. The molecule has 3 rings (SSSR count). The maximum Gasteiger partial charge on any atom is 0.263 e. The highest BCUT2D eigenvalue weighted by molar-refractivity contribution is 7.99. The molecule has 2 aromatic heterocycles. The van der Waals surface area contributed by atoms with Crippen LogP contribution in [0.25, 0.3) is 0 Å². The number of nitrogens with zero attached hydrogens (tertiary/aromatic N) is 4. The second kappa shape index (κ2) is 8.06. The third-order valence-corrected chi connectivity index (χ3v) is 6.60. The number of thioether (sulfide) groups is 1. The van der Waals surface area contributed by atoms with E-state index < -0.39 is 10.0 Å². The fourth-order valence-electron chi connectivity index (χ4n) is 2.05. The molecule has 0 bridgehead atoms. The van der Waals surface area contributed by atoms with Gasteiger partial charge in [-0.15, -0.1) is 10.2 Å². The second-order valence-electron chi connectivity index (χ2n) is 5.41. The van der Waals surface area contributed by atoms with Gasteiger partial charge in [0.05, 0.1) is 10.6 Å². The van der Waals surface area contributed by atoms with E-state index in [4.69, 9.17) is 0 Å². The molecule has 0 spiro atoms. The third-order valence-electron chi connectivity index (χ3n) is 3.31. The van der Waals surface area contributed by atoms with Crippen LogP contribution < -0.4 is 10.0 Å². The molecule has 0 atom stereocenters. The lowest BCUT2D eigenvalue weighted by molar-refractivity contribution is -0.113. The van der Waals surface area contributed by atoms with Gasteiger partial charge < -0.3 is 9.88 Å². The molecule has 1 aromatic carbocycles. The fraction of sp³-hybridized carbons (Fsp3) is 0.200. The van der Waals surface area contributed by atoms with Crippen molar-refractivity contribution in [2.45, 2.75) is 17.0 Å². The summed E-state index contributed by atoms with van der Waals surface area (Å²) >= 11 is 2.46. The van der Waals surface area contributed by atoms with Crippen LogP contribution in [-0.2, 0) is 21.9 Å². The fourth-order valence-corrected chi connectivity index (χ4v) is 4.60. The molecule has 9 nitrogen and oxygen atoms in total. The average molecular weight is 425 g/mol. The van der Waals surface area contributed by atoms with Crippen LogP contribution in [0, 0.1) is 6.92 Å². The van der Waals surface area contributed by atoms with Crippen molar-refractivity contribution >= 4 is 49.8 Å². The van der Waals surface area contributed by atoms with Gasteiger partial charge in [-0.3, -0.25) is 9.52 Å². The Morgan fingerprint density at radius 3 is 2.59 bits per heavy atom. The van der Waals surface area contributed by atoms with E-state index in [-0.39, 0.29) is 21.7 Å². The van der Waals surface area contributed by atoms with Crippen molar-refractivity contribution < 1.29 is 13.2 Å². The molecule has 142 valence electrons. The van der Waals surface area contributed by atoms with Crippen molar-refractivity contribution in [1.29, 1.82) is 0 Å². The number of anilines is 2. The Bertz CT molecular complexity index is 1040. The summed E-state index contributed by atoms with van der Waals surface area (Å²) in [7, 11) is -1.91. The second-order valence-corrected chi connectivity index (χ2v) is 9.22. The molecule has 0 radical (unpaired) electrons. The number of imidazole rings is 1. The van der Waals surface area contributed by atoms with Crippen LogP contribution >= 0.6 is 23.1 Å². The number of carbonyl (C=O) groups is 1. The number of amides is 1. The van der Waals surface area contributed by atoms with E-state index in [0.717, 1.165) is 16.5 Å². The Morgan fingerprint density at radius 1 is 1.26 bits per heavy atom. The Kier molecular flexibility index (Phi) is 5.77. The van der Waals surface area contributed by atoms with Crippen LogP contribution in [0.1, 0.15) is 5.01 Å². The number of aromatic nitrogens is 4. The van der Waals surface area contributed by atoms with E-state index in [0.29, 0.717) is 10.7 Å². The zero-order chi connectivity index (χ0) is 19.4. The molecule has 0 aliphatic heterocycles. The molecule has 0 fully saturated rings. The van der Waals surface area contributed by atoms with Gasteiger partial charge in [-0.2, -0.15) is 0 Å². The number of hydrogen-bond acceptors (Lipinski definition) is 8. The Hall–Kier alpha value is -2.44. The van der Waals surface area contributed by atoms with Gasteiger partial charge in [0.2, 0.25) is 11.0 Å². The van der Waals surface area contributed by atoms with Crippen molar-refractivity contribution in [3.05, 3.63) is 41.7 Å². The highest BCUT2D eigenvalue weighted by Gasteiger charge is 2.16. The lowest BCUT2D eigenvalue weighted by atomic mass is 10.3. The van der Waals surface area contributed by atoms with Crippen molar-refractivity contribution in [1.82, 2.24) is 19.7 Å². The lowest BCUT2D eigenvalue weighted by Crippen LogP contribution is -2.15. The SMILES string of the molecule is Cc1nnc(NS(=O)(=O)c2ccc(NC(=O)CSc3nccn3C)cc2)s1. The quantitative estimate of drug-likeness (QED) is 0.558. The van der Waals surface area contributed by atoms with Gasteiger partial charge in [-0.25, -0.2) is 13.4 Å². The van der Waals surface area contributed by atoms with E-state index >= 15 is 0 Å². The van der Waals surface area contributed by atoms with Crippen molar-refractivity contribution in [3.63, 3.8) is 0 Å². The molecule has 0 aliphatic carbocycles. The monoisotopic (exact) mass is 424 g/mol. The molecular weight excluding hydrogens is 408 g/mol. The molecule has 0 saturated heterocycles.